The third-order valence-electron chi connectivity index (χ3n) is 1.98. The summed E-state index contributed by atoms with van der Waals surface area (Å²) in [5, 5.41) is 9.87. The molecule has 1 aromatic rings. The molecule has 0 spiro atoms. The van der Waals surface area contributed by atoms with Gasteiger partial charge in [-0.05, 0) is 17.7 Å². The Balaban J connectivity index is 3.00. The molecule has 0 bridgehead atoms. The van der Waals surface area contributed by atoms with Crippen molar-refractivity contribution in [1.29, 1.82) is 0 Å². The fraction of sp³-hybridized carbons (Fsp3) is 0.400. The maximum Gasteiger partial charge on any atom is 0.146 e. The van der Waals surface area contributed by atoms with Gasteiger partial charge in [0.2, 0.25) is 0 Å². The van der Waals surface area contributed by atoms with Crippen LogP contribution >= 0.6 is 15.9 Å². The molecule has 0 aliphatic carbocycles. The van der Waals surface area contributed by atoms with E-state index in [0.717, 1.165) is 0 Å². The Hall–Kier alpha value is -0.610. The molecule has 1 rings (SSSR count). The SMILES string of the molecule is CN(C)c1ccc(C(O)CBr)cc1F. The van der Waals surface area contributed by atoms with Gasteiger partial charge in [-0.25, -0.2) is 4.39 Å². The Morgan fingerprint density at radius 2 is 2.14 bits per heavy atom. The van der Waals surface area contributed by atoms with E-state index in [1.807, 2.05) is 0 Å². The van der Waals surface area contributed by atoms with Crippen molar-refractivity contribution in [1.82, 2.24) is 0 Å². The predicted molar refractivity (Wildman–Crippen MR) is 59.5 cm³/mol. The van der Waals surface area contributed by atoms with Gasteiger partial charge >= 0.3 is 0 Å². The van der Waals surface area contributed by atoms with Crippen LogP contribution in [0.5, 0.6) is 0 Å². The van der Waals surface area contributed by atoms with Gasteiger partial charge in [0, 0.05) is 19.4 Å². The van der Waals surface area contributed by atoms with Gasteiger partial charge < -0.3 is 10.0 Å². The number of alkyl halides is 1. The van der Waals surface area contributed by atoms with Crippen molar-refractivity contribution in [3.8, 4) is 0 Å². The van der Waals surface area contributed by atoms with Crippen molar-refractivity contribution < 1.29 is 9.50 Å². The molecule has 1 atom stereocenters. The van der Waals surface area contributed by atoms with E-state index >= 15 is 0 Å². The normalized spacial score (nSPS) is 12.6. The average Bonchev–Trinajstić information content (AvgIpc) is 2.15. The molecule has 0 aliphatic rings. The highest BCUT2D eigenvalue weighted by Crippen LogP contribution is 2.22. The topological polar surface area (TPSA) is 23.5 Å². The Labute approximate surface area is 91.5 Å². The summed E-state index contributed by atoms with van der Waals surface area (Å²) in [6.07, 6.45) is -0.652. The number of hydrogen-bond donors (Lipinski definition) is 1. The fourth-order valence-corrected chi connectivity index (χ4v) is 1.56. The minimum atomic E-state index is -0.652. The van der Waals surface area contributed by atoms with Gasteiger partial charge in [-0.1, -0.05) is 22.0 Å². The van der Waals surface area contributed by atoms with Crippen molar-refractivity contribution >= 4 is 21.6 Å². The molecule has 2 nitrogen and oxygen atoms in total. The molecule has 1 aromatic carbocycles. The molecule has 0 aliphatic heterocycles. The van der Waals surface area contributed by atoms with Gasteiger partial charge in [0.05, 0.1) is 11.8 Å². The monoisotopic (exact) mass is 261 g/mol. The lowest BCUT2D eigenvalue weighted by molar-refractivity contribution is 0.205. The second kappa shape index (κ2) is 4.75. The zero-order valence-corrected chi connectivity index (χ0v) is 9.75. The van der Waals surface area contributed by atoms with Crippen molar-refractivity contribution in [3.05, 3.63) is 29.6 Å². The smallest absolute Gasteiger partial charge is 0.146 e. The lowest BCUT2D eigenvalue weighted by Gasteiger charge is -2.15. The molecule has 1 N–H and O–H groups in total. The first-order chi connectivity index (χ1) is 6.56. The van der Waals surface area contributed by atoms with E-state index in [9.17, 15) is 9.50 Å². The lowest BCUT2D eigenvalue weighted by atomic mass is 10.1. The number of rotatable bonds is 3. The molecule has 0 saturated carbocycles. The number of anilines is 1. The number of halogens is 2. The van der Waals surface area contributed by atoms with Crippen molar-refractivity contribution in [2.24, 2.45) is 0 Å². The molecule has 0 amide bonds. The van der Waals surface area contributed by atoms with E-state index in [1.54, 1.807) is 31.1 Å². The van der Waals surface area contributed by atoms with Crippen molar-refractivity contribution in [3.63, 3.8) is 0 Å². The molecule has 14 heavy (non-hydrogen) atoms. The Morgan fingerprint density at radius 3 is 2.57 bits per heavy atom. The van der Waals surface area contributed by atoms with Gasteiger partial charge in [-0.3, -0.25) is 0 Å². The van der Waals surface area contributed by atoms with Crippen LogP contribution in [0.25, 0.3) is 0 Å². The minimum Gasteiger partial charge on any atom is -0.388 e. The van der Waals surface area contributed by atoms with Crippen LogP contribution in [0.2, 0.25) is 0 Å². The molecular formula is C10H13BrFNO. The highest BCUT2D eigenvalue weighted by Gasteiger charge is 2.10. The second-order valence-electron chi connectivity index (χ2n) is 3.28. The maximum absolute atomic E-state index is 13.4. The maximum atomic E-state index is 13.4. The average molecular weight is 262 g/mol. The zero-order chi connectivity index (χ0) is 10.7. The van der Waals surface area contributed by atoms with Gasteiger partial charge in [0.25, 0.3) is 0 Å². The lowest BCUT2D eigenvalue weighted by Crippen LogP contribution is -2.11. The van der Waals surface area contributed by atoms with Crippen LogP contribution in [0.4, 0.5) is 10.1 Å². The van der Waals surface area contributed by atoms with E-state index < -0.39 is 6.10 Å². The van der Waals surface area contributed by atoms with Crippen molar-refractivity contribution in [2.75, 3.05) is 24.3 Å². The Kier molecular flexibility index (Phi) is 3.89. The first kappa shape index (κ1) is 11.5. The summed E-state index contributed by atoms with van der Waals surface area (Å²) in [6, 6.07) is 4.75. The van der Waals surface area contributed by atoms with E-state index in [1.165, 1.54) is 6.07 Å². The molecule has 0 saturated heterocycles. The number of nitrogens with zero attached hydrogens (tertiary/aromatic N) is 1. The molecule has 0 aromatic heterocycles. The Morgan fingerprint density at radius 1 is 1.50 bits per heavy atom. The molecular weight excluding hydrogens is 249 g/mol. The Bertz CT molecular complexity index is 317. The van der Waals surface area contributed by atoms with Gasteiger partial charge in [-0.15, -0.1) is 0 Å². The van der Waals surface area contributed by atoms with Crippen molar-refractivity contribution in [2.45, 2.75) is 6.10 Å². The summed E-state index contributed by atoms with van der Waals surface area (Å²) in [5.41, 5.74) is 1.11. The van der Waals surface area contributed by atoms with Crippen LogP contribution in [0.15, 0.2) is 18.2 Å². The fourth-order valence-electron chi connectivity index (χ4n) is 1.18. The van der Waals surface area contributed by atoms with Crippen LogP contribution in [-0.4, -0.2) is 24.5 Å². The van der Waals surface area contributed by atoms with E-state index in [-0.39, 0.29) is 5.82 Å². The first-order valence-corrected chi connectivity index (χ1v) is 5.39. The minimum absolute atomic E-state index is 0.312. The summed E-state index contributed by atoms with van der Waals surface area (Å²) in [5.74, 6) is -0.312. The number of aliphatic hydroxyl groups excluding tert-OH is 1. The molecule has 0 fully saturated rings. The van der Waals surface area contributed by atoms with Crippen LogP contribution < -0.4 is 4.90 Å². The number of aliphatic hydroxyl groups is 1. The summed E-state index contributed by atoms with van der Waals surface area (Å²) < 4.78 is 13.4. The molecule has 0 radical (unpaired) electrons. The summed E-state index contributed by atoms with van der Waals surface area (Å²) in [4.78, 5) is 1.69. The molecule has 78 valence electrons. The zero-order valence-electron chi connectivity index (χ0n) is 8.17. The van der Waals surface area contributed by atoms with E-state index in [0.29, 0.717) is 16.6 Å². The number of benzene rings is 1. The largest absolute Gasteiger partial charge is 0.388 e. The third kappa shape index (κ3) is 2.45. The van der Waals surface area contributed by atoms with E-state index in [2.05, 4.69) is 15.9 Å². The molecule has 4 heteroatoms. The first-order valence-electron chi connectivity index (χ1n) is 4.27. The number of hydrogen-bond acceptors (Lipinski definition) is 2. The van der Waals surface area contributed by atoms with Crippen LogP contribution in [0.1, 0.15) is 11.7 Å². The quantitative estimate of drug-likeness (QED) is 0.845. The van der Waals surface area contributed by atoms with Crippen LogP contribution in [0, 0.1) is 5.82 Å². The third-order valence-corrected chi connectivity index (χ3v) is 2.60. The summed E-state index contributed by atoms with van der Waals surface area (Å²) in [6.45, 7) is 0. The summed E-state index contributed by atoms with van der Waals surface area (Å²) >= 11 is 3.14. The standard InChI is InChI=1S/C10H13BrFNO/c1-13(2)9-4-3-7(5-8(9)12)10(14)6-11/h3-5,10,14H,6H2,1-2H3. The van der Waals surface area contributed by atoms with E-state index in [4.69, 9.17) is 0 Å². The predicted octanol–water partition coefficient (Wildman–Crippen LogP) is 2.32. The second-order valence-corrected chi connectivity index (χ2v) is 3.92. The summed E-state index contributed by atoms with van der Waals surface area (Å²) in [7, 11) is 3.55. The molecule has 0 heterocycles. The highest BCUT2D eigenvalue weighted by atomic mass is 79.9. The van der Waals surface area contributed by atoms with Crippen LogP contribution in [0.3, 0.4) is 0 Å². The van der Waals surface area contributed by atoms with Gasteiger partial charge in [0.15, 0.2) is 0 Å². The van der Waals surface area contributed by atoms with Gasteiger partial charge in [0.1, 0.15) is 5.82 Å². The van der Waals surface area contributed by atoms with Crippen LogP contribution in [-0.2, 0) is 0 Å². The highest BCUT2D eigenvalue weighted by molar-refractivity contribution is 9.09. The van der Waals surface area contributed by atoms with Gasteiger partial charge in [-0.2, -0.15) is 0 Å². The molecule has 1 unspecified atom stereocenters.